The molecule has 0 aliphatic carbocycles. The lowest BCUT2D eigenvalue weighted by atomic mass is 9.93. The highest BCUT2D eigenvalue weighted by Crippen LogP contribution is 2.26. The summed E-state index contributed by atoms with van der Waals surface area (Å²) in [5, 5.41) is 0. The summed E-state index contributed by atoms with van der Waals surface area (Å²) in [4.78, 5) is 39.0. The largest absolute Gasteiger partial charge is 0.465 e. The van der Waals surface area contributed by atoms with E-state index in [2.05, 4.69) is 4.74 Å². The SMILES string of the molecule is COC(=O)c1ccc(COC(=O)[C@H]2Cc3ccccc3CN2C(=O)c2ccco2)cc1. The Bertz CT molecular complexity index is 1090. The molecule has 1 amide bonds. The number of fused-ring (bicyclic) bond motifs is 1. The van der Waals surface area contributed by atoms with Crippen molar-refractivity contribution in [3.8, 4) is 0 Å². The summed E-state index contributed by atoms with van der Waals surface area (Å²) in [6.45, 7) is 0.324. The van der Waals surface area contributed by atoms with Gasteiger partial charge in [0.25, 0.3) is 5.91 Å². The maximum absolute atomic E-state index is 13.0. The number of nitrogens with zero attached hydrogens (tertiary/aromatic N) is 1. The van der Waals surface area contributed by atoms with E-state index in [0.717, 1.165) is 16.7 Å². The second kappa shape index (κ2) is 8.87. The number of hydrogen-bond donors (Lipinski definition) is 0. The van der Waals surface area contributed by atoms with Crippen LogP contribution in [0, 0.1) is 0 Å². The molecule has 1 aliphatic rings. The predicted octanol–water partition coefficient (Wildman–Crippen LogP) is 3.38. The first-order valence-electron chi connectivity index (χ1n) is 9.82. The van der Waals surface area contributed by atoms with Gasteiger partial charge in [0.2, 0.25) is 0 Å². The third-order valence-corrected chi connectivity index (χ3v) is 5.27. The summed E-state index contributed by atoms with van der Waals surface area (Å²) in [7, 11) is 1.32. The van der Waals surface area contributed by atoms with Gasteiger partial charge in [-0.2, -0.15) is 0 Å². The van der Waals surface area contributed by atoms with E-state index in [1.807, 2.05) is 24.3 Å². The number of carbonyl (C=O) groups is 3. The second-order valence-electron chi connectivity index (χ2n) is 7.20. The van der Waals surface area contributed by atoms with Crippen LogP contribution in [0.4, 0.5) is 0 Å². The van der Waals surface area contributed by atoms with Crippen LogP contribution in [0.3, 0.4) is 0 Å². The lowest BCUT2D eigenvalue weighted by Gasteiger charge is -2.34. The normalized spacial score (nSPS) is 15.1. The average Bonchev–Trinajstić information content (AvgIpc) is 3.36. The van der Waals surface area contributed by atoms with Crippen molar-refractivity contribution in [3.05, 3.63) is 94.9 Å². The van der Waals surface area contributed by atoms with E-state index < -0.39 is 18.0 Å². The van der Waals surface area contributed by atoms with Crippen LogP contribution in [0.1, 0.15) is 37.6 Å². The predicted molar refractivity (Wildman–Crippen MR) is 110 cm³/mol. The number of ether oxygens (including phenoxy) is 2. The molecule has 1 aliphatic heterocycles. The molecule has 0 radical (unpaired) electrons. The highest BCUT2D eigenvalue weighted by Gasteiger charge is 2.37. The number of carbonyl (C=O) groups excluding carboxylic acids is 3. The Labute approximate surface area is 179 Å². The second-order valence-corrected chi connectivity index (χ2v) is 7.20. The van der Waals surface area contributed by atoms with Crippen molar-refractivity contribution >= 4 is 17.8 Å². The van der Waals surface area contributed by atoms with E-state index >= 15 is 0 Å². The van der Waals surface area contributed by atoms with Crippen molar-refractivity contribution < 1.29 is 28.3 Å². The zero-order valence-electron chi connectivity index (χ0n) is 16.9. The molecule has 0 N–H and O–H groups in total. The summed E-state index contributed by atoms with van der Waals surface area (Å²) >= 11 is 0. The topological polar surface area (TPSA) is 86.0 Å². The smallest absolute Gasteiger partial charge is 0.337 e. The van der Waals surface area contributed by atoms with Crippen molar-refractivity contribution in [3.63, 3.8) is 0 Å². The van der Waals surface area contributed by atoms with Gasteiger partial charge in [0.1, 0.15) is 12.6 Å². The summed E-state index contributed by atoms with van der Waals surface area (Å²) in [6, 6.07) is 16.8. The van der Waals surface area contributed by atoms with Gasteiger partial charge in [0, 0.05) is 13.0 Å². The van der Waals surface area contributed by atoms with Crippen molar-refractivity contribution in [1.29, 1.82) is 0 Å². The molecule has 1 atom stereocenters. The van der Waals surface area contributed by atoms with Gasteiger partial charge in [0.15, 0.2) is 5.76 Å². The summed E-state index contributed by atoms with van der Waals surface area (Å²) in [5.41, 5.74) is 3.14. The fourth-order valence-electron chi connectivity index (χ4n) is 3.59. The molecule has 1 aromatic heterocycles. The molecule has 7 heteroatoms. The Balaban J connectivity index is 1.50. The number of amides is 1. The Morgan fingerprint density at radius 2 is 1.74 bits per heavy atom. The van der Waals surface area contributed by atoms with Gasteiger partial charge in [-0.25, -0.2) is 9.59 Å². The molecule has 0 unspecified atom stereocenters. The van der Waals surface area contributed by atoms with Gasteiger partial charge in [-0.1, -0.05) is 36.4 Å². The minimum atomic E-state index is -0.762. The van der Waals surface area contributed by atoms with Crippen LogP contribution in [0.25, 0.3) is 0 Å². The number of furan rings is 1. The van der Waals surface area contributed by atoms with Crippen molar-refractivity contribution in [2.75, 3.05) is 7.11 Å². The Hall–Kier alpha value is -3.87. The maximum Gasteiger partial charge on any atom is 0.337 e. The molecule has 4 rings (SSSR count). The van der Waals surface area contributed by atoms with Crippen LogP contribution in [-0.2, 0) is 33.8 Å². The Morgan fingerprint density at radius 3 is 2.42 bits per heavy atom. The molecule has 31 heavy (non-hydrogen) atoms. The molecular formula is C24H21NO6. The van der Waals surface area contributed by atoms with Crippen molar-refractivity contribution in [1.82, 2.24) is 4.90 Å². The first-order valence-corrected chi connectivity index (χ1v) is 9.82. The third-order valence-electron chi connectivity index (χ3n) is 5.27. The molecule has 0 saturated heterocycles. The van der Waals surface area contributed by atoms with Gasteiger partial charge in [-0.05, 0) is 41.0 Å². The fourth-order valence-corrected chi connectivity index (χ4v) is 3.59. The number of benzene rings is 2. The van der Waals surface area contributed by atoms with Crippen LogP contribution >= 0.6 is 0 Å². The summed E-state index contributed by atoms with van der Waals surface area (Å²) in [5.74, 6) is -1.11. The molecule has 2 aromatic carbocycles. The maximum atomic E-state index is 13.0. The van der Waals surface area contributed by atoms with Crippen LogP contribution in [0.5, 0.6) is 0 Å². The molecule has 0 saturated carbocycles. The van der Waals surface area contributed by atoms with E-state index in [9.17, 15) is 14.4 Å². The van der Waals surface area contributed by atoms with Crippen molar-refractivity contribution in [2.45, 2.75) is 25.6 Å². The third kappa shape index (κ3) is 4.35. The minimum absolute atomic E-state index is 0.0290. The van der Waals surface area contributed by atoms with Gasteiger partial charge < -0.3 is 18.8 Å². The van der Waals surface area contributed by atoms with E-state index in [4.69, 9.17) is 9.15 Å². The lowest BCUT2D eigenvalue weighted by Crippen LogP contribution is -2.49. The van der Waals surface area contributed by atoms with Gasteiger partial charge in [0.05, 0.1) is 18.9 Å². The summed E-state index contributed by atoms with van der Waals surface area (Å²) < 4.78 is 15.5. The molecule has 2 heterocycles. The first-order chi connectivity index (χ1) is 15.1. The molecule has 158 valence electrons. The standard InChI is InChI=1S/C24H21NO6/c1-29-23(27)17-10-8-16(9-11-17)15-31-24(28)20-13-18-5-2-3-6-19(18)14-25(20)22(26)21-7-4-12-30-21/h2-12,20H,13-15H2,1H3/t20-/m1/s1. The Kier molecular flexibility index (Phi) is 5.84. The van der Waals surface area contributed by atoms with Crippen LogP contribution in [0.2, 0.25) is 0 Å². The van der Waals surface area contributed by atoms with E-state index in [1.54, 1.807) is 36.4 Å². The molecular weight excluding hydrogens is 398 g/mol. The molecule has 0 spiro atoms. The fraction of sp³-hybridized carbons (Fsp3) is 0.208. The minimum Gasteiger partial charge on any atom is -0.465 e. The molecule has 0 bridgehead atoms. The molecule has 7 nitrogen and oxygen atoms in total. The average molecular weight is 419 g/mol. The highest BCUT2D eigenvalue weighted by atomic mass is 16.5. The summed E-state index contributed by atoms with van der Waals surface area (Å²) in [6.07, 6.45) is 1.79. The zero-order chi connectivity index (χ0) is 21.8. The zero-order valence-corrected chi connectivity index (χ0v) is 16.9. The molecule has 3 aromatic rings. The number of methoxy groups -OCH3 is 1. The monoisotopic (exact) mass is 419 g/mol. The highest BCUT2D eigenvalue weighted by molar-refractivity contribution is 5.95. The van der Waals surface area contributed by atoms with Crippen LogP contribution in [0.15, 0.2) is 71.3 Å². The Morgan fingerprint density at radius 1 is 1.00 bits per heavy atom. The quantitative estimate of drug-likeness (QED) is 0.590. The van der Waals surface area contributed by atoms with Crippen molar-refractivity contribution in [2.24, 2.45) is 0 Å². The van der Waals surface area contributed by atoms with Gasteiger partial charge >= 0.3 is 11.9 Å². The van der Waals surface area contributed by atoms with E-state index in [0.29, 0.717) is 18.5 Å². The van der Waals surface area contributed by atoms with E-state index in [-0.39, 0.29) is 18.3 Å². The lowest BCUT2D eigenvalue weighted by molar-refractivity contribution is -0.151. The number of esters is 2. The van der Waals surface area contributed by atoms with Gasteiger partial charge in [-0.3, -0.25) is 4.79 Å². The molecule has 0 fully saturated rings. The van der Waals surface area contributed by atoms with E-state index in [1.165, 1.54) is 18.3 Å². The number of hydrogen-bond acceptors (Lipinski definition) is 6. The first kappa shape index (κ1) is 20.4. The van der Waals surface area contributed by atoms with Crippen LogP contribution in [-0.4, -0.2) is 35.9 Å². The number of rotatable bonds is 5. The van der Waals surface area contributed by atoms with Gasteiger partial charge in [-0.15, -0.1) is 0 Å². The van der Waals surface area contributed by atoms with Crippen LogP contribution < -0.4 is 0 Å².